The van der Waals surface area contributed by atoms with Crippen LogP contribution in [0.2, 0.25) is 0 Å². The van der Waals surface area contributed by atoms with Crippen LogP contribution in [0.1, 0.15) is 18.4 Å². The molecule has 0 radical (unpaired) electrons. The van der Waals surface area contributed by atoms with Gasteiger partial charge in [0.1, 0.15) is 5.69 Å². The number of nitro groups is 1. The summed E-state index contributed by atoms with van der Waals surface area (Å²) in [7, 11) is 0. The molecule has 1 aromatic rings. The Labute approximate surface area is 121 Å². The first-order valence-corrected chi connectivity index (χ1v) is 7.06. The number of nitro benzene ring substituents is 1. The van der Waals surface area contributed by atoms with Crippen molar-refractivity contribution in [2.24, 2.45) is 5.92 Å². The van der Waals surface area contributed by atoms with E-state index in [2.05, 4.69) is 10.6 Å². The first kappa shape index (κ1) is 13.8. The fourth-order valence-electron chi connectivity index (χ4n) is 2.71. The molecule has 2 N–H and O–H groups in total. The molecule has 1 saturated heterocycles. The smallest absolute Gasteiger partial charge is 0.292 e. The number of amides is 1. The second kappa shape index (κ2) is 5.69. The number of carbonyl (C=O) groups excluding carboxylic acids is 1. The van der Waals surface area contributed by atoms with E-state index in [-0.39, 0.29) is 16.5 Å². The van der Waals surface area contributed by atoms with Crippen molar-refractivity contribution >= 4 is 23.0 Å². The van der Waals surface area contributed by atoms with E-state index >= 15 is 0 Å². The Hall–Kier alpha value is -2.15. The lowest BCUT2D eigenvalue weighted by Crippen LogP contribution is -2.20. The Kier molecular flexibility index (Phi) is 3.74. The molecule has 7 heteroatoms. The second-order valence-electron chi connectivity index (χ2n) is 5.44. The number of nitrogens with zero attached hydrogens (tertiary/aromatic N) is 1. The summed E-state index contributed by atoms with van der Waals surface area (Å²) in [6.45, 7) is 2.06. The van der Waals surface area contributed by atoms with Crippen LogP contribution in [0.25, 0.3) is 0 Å². The molecule has 1 unspecified atom stereocenters. The highest BCUT2D eigenvalue weighted by Crippen LogP contribution is 2.34. The Morgan fingerprint density at radius 1 is 1.43 bits per heavy atom. The maximum Gasteiger partial charge on any atom is 0.292 e. The number of hydrogen-bond acceptors (Lipinski definition) is 5. The van der Waals surface area contributed by atoms with E-state index in [1.165, 1.54) is 0 Å². The number of carbonyl (C=O) groups is 1. The molecule has 3 rings (SSSR count). The van der Waals surface area contributed by atoms with E-state index in [9.17, 15) is 14.9 Å². The zero-order valence-electron chi connectivity index (χ0n) is 11.6. The molecule has 1 aromatic carbocycles. The van der Waals surface area contributed by atoms with Crippen molar-refractivity contribution in [2.45, 2.75) is 19.3 Å². The van der Waals surface area contributed by atoms with Crippen LogP contribution < -0.4 is 10.6 Å². The largest absolute Gasteiger partial charge is 0.381 e. The van der Waals surface area contributed by atoms with Gasteiger partial charge >= 0.3 is 0 Å². The lowest BCUT2D eigenvalue weighted by molar-refractivity contribution is -0.384. The summed E-state index contributed by atoms with van der Waals surface area (Å²) >= 11 is 0. The number of anilines is 2. The maximum absolute atomic E-state index is 11.4. The molecule has 2 aliphatic rings. The summed E-state index contributed by atoms with van der Waals surface area (Å²) < 4.78 is 5.30. The Balaban J connectivity index is 1.84. The van der Waals surface area contributed by atoms with Crippen molar-refractivity contribution in [1.82, 2.24) is 0 Å². The Morgan fingerprint density at radius 3 is 3.00 bits per heavy atom. The number of nitrogens with one attached hydrogen (secondary N) is 2. The monoisotopic (exact) mass is 291 g/mol. The van der Waals surface area contributed by atoms with Crippen molar-refractivity contribution in [1.29, 1.82) is 0 Å². The molecule has 1 atom stereocenters. The maximum atomic E-state index is 11.4. The van der Waals surface area contributed by atoms with E-state index in [4.69, 9.17) is 4.74 Å². The highest BCUT2D eigenvalue weighted by Gasteiger charge is 2.23. The lowest BCUT2D eigenvalue weighted by atomic mass is 10.0. The van der Waals surface area contributed by atoms with Crippen molar-refractivity contribution in [3.63, 3.8) is 0 Å². The minimum absolute atomic E-state index is 0.0495. The summed E-state index contributed by atoms with van der Waals surface area (Å²) in [6, 6.07) is 3.22. The molecule has 2 aliphatic heterocycles. The lowest BCUT2D eigenvalue weighted by Gasteiger charge is -2.19. The molecule has 0 aromatic heterocycles. The van der Waals surface area contributed by atoms with Crippen LogP contribution in [-0.4, -0.2) is 30.6 Å². The molecular formula is C14H17N3O4. The summed E-state index contributed by atoms with van der Waals surface area (Å²) in [5.41, 5.74) is 2.00. The highest BCUT2D eigenvalue weighted by atomic mass is 16.6. The van der Waals surface area contributed by atoms with Crippen LogP contribution in [0.4, 0.5) is 17.1 Å². The van der Waals surface area contributed by atoms with Gasteiger partial charge in [0.15, 0.2) is 0 Å². The van der Waals surface area contributed by atoms with Crippen LogP contribution in [0.15, 0.2) is 12.1 Å². The average molecular weight is 291 g/mol. The van der Waals surface area contributed by atoms with Gasteiger partial charge in [0.05, 0.1) is 11.5 Å². The van der Waals surface area contributed by atoms with E-state index < -0.39 is 0 Å². The van der Waals surface area contributed by atoms with Crippen molar-refractivity contribution in [2.75, 3.05) is 30.4 Å². The minimum atomic E-state index is -0.385. The summed E-state index contributed by atoms with van der Waals surface area (Å²) in [5.74, 6) is 0.321. The number of aryl methyl sites for hydroxylation is 1. The third-order valence-corrected chi connectivity index (χ3v) is 3.92. The van der Waals surface area contributed by atoms with Gasteiger partial charge in [0, 0.05) is 37.2 Å². The average Bonchev–Trinajstić information content (AvgIpc) is 2.97. The van der Waals surface area contributed by atoms with Crippen LogP contribution in [0.5, 0.6) is 0 Å². The van der Waals surface area contributed by atoms with Gasteiger partial charge in [0.25, 0.3) is 5.69 Å². The van der Waals surface area contributed by atoms with Crippen LogP contribution >= 0.6 is 0 Å². The van der Waals surface area contributed by atoms with Crippen molar-refractivity contribution < 1.29 is 14.5 Å². The standard InChI is InChI=1S/C14H17N3O4/c18-14-2-1-10-5-13(17(19)20)12(6-11(10)16-14)15-7-9-3-4-21-8-9/h5-6,9,15H,1-4,7-8H2,(H,16,18). The summed E-state index contributed by atoms with van der Waals surface area (Å²) in [6.07, 6.45) is 1.87. The highest BCUT2D eigenvalue weighted by molar-refractivity contribution is 5.95. The van der Waals surface area contributed by atoms with Gasteiger partial charge < -0.3 is 15.4 Å². The predicted octanol–water partition coefficient (Wildman–Crippen LogP) is 1.93. The van der Waals surface area contributed by atoms with E-state index in [1.807, 2.05) is 0 Å². The van der Waals surface area contributed by atoms with Crippen molar-refractivity contribution in [3.8, 4) is 0 Å². The van der Waals surface area contributed by atoms with Gasteiger partial charge in [-0.05, 0) is 24.5 Å². The molecule has 0 saturated carbocycles. The molecule has 1 fully saturated rings. The first-order chi connectivity index (χ1) is 10.1. The number of benzene rings is 1. The molecular weight excluding hydrogens is 274 g/mol. The molecule has 21 heavy (non-hydrogen) atoms. The van der Waals surface area contributed by atoms with E-state index in [0.29, 0.717) is 43.3 Å². The number of rotatable bonds is 4. The molecule has 1 amide bonds. The van der Waals surface area contributed by atoms with Crippen molar-refractivity contribution in [3.05, 3.63) is 27.8 Å². The van der Waals surface area contributed by atoms with Crippen LogP contribution in [-0.2, 0) is 16.0 Å². The van der Waals surface area contributed by atoms with E-state index in [1.54, 1.807) is 12.1 Å². The van der Waals surface area contributed by atoms with Gasteiger partial charge in [0.2, 0.25) is 5.91 Å². The third-order valence-electron chi connectivity index (χ3n) is 3.92. The molecule has 2 heterocycles. The topological polar surface area (TPSA) is 93.5 Å². The fraction of sp³-hybridized carbons (Fsp3) is 0.500. The quantitative estimate of drug-likeness (QED) is 0.653. The molecule has 7 nitrogen and oxygen atoms in total. The first-order valence-electron chi connectivity index (χ1n) is 7.06. The fourth-order valence-corrected chi connectivity index (χ4v) is 2.71. The molecule has 0 aliphatic carbocycles. The summed E-state index contributed by atoms with van der Waals surface area (Å²) in [5, 5.41) is 17.1. The zero-order chi connectivity index (χ0) is 14.8. The number of fused-ring (bicyclic) bond motifs is 1. The third kappa shape index (κ3) is 2.97. The van der Waals surface area contributed by atoms with Gasteiger partial charge in [-0.15, -0.1) is 0 Å². The molecule has 0 bridgehead atoms. The van der Waals surface area contributed by atoms with Gasteiger partial charge in [-0.25, -0.2) is 0 Å². The van der Waals surface area contributed by atoms with Gasteiger partial charge in [-0.2, -0.15) is 0 Å². The predicted molar refractivity (Wildman–Crippen MR) is 77.5 cm³/mol. The van der Waals surface area contributed by atoms with E-state index in [0.717, 1.165) is 18.6 Å². The molecule has 112 valence electrons. The zero-order valence-corrected chi connectivity index (χ0v) is 11.6. The second-order valence-corrected chi connectivity index (χ2v) is 5.44. The number of hydrogen-bond donors (Lipinski definition) is 2. The Morgan fingerprint density at radius 2 is 2.29 bits per heavy atom. The minimum Gasteiger partial charge on any atom is -0.381 e. The SMILES string of the molecule is O=C1CCc2cc([N+](=O)[O-])c(NCC3CCOC3)cc2N1. The summed E-state index contributed by atoms with van der Waals surface area (Å²) in [4.78, 5) is 22.3. The van der Waals surface area contributed by atoms with Gasteiger partial charge in [-0.3, -0.25) is 14.9 Å². The number of ether oxygens (including phenoxy) is 1. The van der Waals surface area contributed by atoms with Crippen LogP contribution in [0.3, 0.4) is 0 Å². The molecule has 0 spiro atoms. The normalized spacial score (nSPS) is 20.8. The van der Waals surface area contributed by atoms with Crippen LogP contribution in [0, 0.1) is 16.0 Å². The van der Waals surface area contributed by atoms with Gasteiger partial charge in [-0.1, -0.05) is 0 Å². The Bertz CT molecular complexity index is 582.